The second kappa shape index (κ2) is 15.5. The molecule has 9 heteroatoms. The zero-order valence-corrected chi connectivity index (χ0v) is 26.8. The maximum absolute atomic E-state index is 14.3. The van der Waals surface area contributed by atoms with E-state index < -0.39 is 23.9 Å². The molecular formula is C38H41FN4O4. The van der Waals surface area contributed by atoms with Gasteiger partial charge in [0.1, 0.15) is 23.9 Å². The molecule has 1 aliphatic rings. The minimum absolute atomic E-state index is 0.151. The number of carbonyl (C=O) groups is 4. The van der Waals surface area contributed by atoms with E-state index in [2.05, 4.69) is 10.6 Å². The molecule has 0 bridgehead atoms. The van der Waals surface area contributed by atoms with Crippen molar-refractivity contribution in [3.63, 3.8) is 0 Å². The molecule has 5 rings (SSSR count). The molecule has 4 aromatic carbocycles. The van der Waals surface area contributed by atoms with Crippen LogP contribution in [0.25, 0.3) is 10.8 Å². The Labute approximate surface area is 274 Å². The summed E-state index contributed by atoms with van der Waals surface area (Å²) in [6.45, 7) is 3.96. The number of hydrogen-bond donors (Lipinski definition) is 2. The van der Waals surface area contributed by atoms with Gasteiger partial charge in [-0.1, -0.05) is 98.3 Å². The van der Waals surface area contributed by atoms with Gasteiger partial charge >= 0.3 is 0 Å². The van der Waals surface area contributed by atoms with E-state index in [4.69, 9.17) is 0 Å². The van der Waals surface area contributed by atoms with E-state index in [0.717, 1.165) is 21.9 Å². The van der Waals surface area contributed by atoms with Crippen molar-refractivity contribution in [2.24, 2.45) is 0 Å². The summed E-state index contributed by atoms with van der Waals surface area (Å²) in [4.78, 5) is 57.5. The van der Waals surface area contributed by atoms with Gasteiger partial charge in [0.15, 0.2) is 0 Å². The van der Waals surface area contributed by atoms with Gasteiger partial charge in [-0.3, -0.25) is 19.2 Å². The maximum Gasteiger partial charge on any atom is 0.246 e. The molecule has 1 saturated heterocycles. The molecule has 4 aromatic rings. The summed E-state index contributed by atoms with van der Waals surface area (Å²) in [5.41, 5.74) is 2.55. The summed E-state index contributed by atoms with van der Waals surface area (Å²) in [6, 6.07) is 26.9. The van der Waals surface area contributed by atoms with Crippen LogP contribution in [0.3, 0.4) is 0 Å². The van der Waals surface area contributed by atoms with Crippen molar-refractivity contribution in [2.75, 3.05) is 13.1 Å². The molecule has 1 fully saturated rings. The molecule has 3 atom stereocenters. The standard InChI is InChI=1S/C38H41FN4O4/c1-3-9-34-38(47)43(21-20-42(34)37(46)33(41-26(2)44)23-27-15-18-32(39)19-16-27)35(36(45)40-25-28-10-5-4-6-11-28)24-29-14-17-30-12-7-8-13-31(30)22-29/h4-8,10-19,22,33-35H,3,9,20-21,23-25H2,1-2H3,(H,40,45)(H,41,44)/t33?,34-,35?/m1/s1. The first-order valence-electron chi connectivity index (χ1n) is 16.1. The van der Waals surface area contributed by atoms with Crippen molar-refractivity contribution in [3.05, 3.63) is 120 Å². The molecule has 47 heavy (non-hydrogen) atoms. The normalized spacial score (nSPS) is 16.1. The van der Waals surface area contributed by atoms with Crippen molar-refractivity contribution in [1.29, 1.82) is 0 Å². The Balaban J connectivity index is 1.40. The van der Waals surface area contributed by atoms with E-state index in [1.165, 1.54) is 19.1 Å². The SMILES string of the molecule is CCC[C@@H]1C(=O)N(C(Cc2ccc3ccccc3c2)C(=O)NCc2ccccc2)CCN1C(=O)C(Cc1ccc(F)cc1)NC(C)=O. The van der Waals surface area contributed by atoms with E-state index in [-0.39, 0.29) is 43.1 Å². The zero-order valence-electron chi connectivity index (χ0n) is 26.8. The molecule has 0 spiro atoms. The summed E-state index contributed by atoms with van der Waals surface area (Å²) < 4.78 is 13.5. The average Bonchev–Trinajstić information content (AvgIpc) is 3.08. The predicted octanol–water partition coefficient (Wildman–Crippen LogP) is 4.79. The van der Waals surface area contributed by atoms with Crippen LogP contribution in [0, 0.1) is 5.82 Å². The fraction of sp³-hybridized carbons (Fsp3) is 0.316. The van der Waals surface area contributed by atoms with E-state index in [0.29, 0.717) is 31.4 Å². The van der Waals surface area contributed by atoms with Crippen LogP contribution in [0.2, 0.25) is 0 Å². The summed E-state index contributed by atoms with van der Waals surface area (Å²) >= 11 is 0. The highest BCUT2D eigenvalue weighted by Gasteiger charge is 2.43. The Kier molecular flexibility index (Phi) is 11.0. The van der Waals surface area contributed by atoms with Crippen LogP contribution in [0.4, 0.5) is 4.39 Å². The molecule has 1 aliphatic heterocycles. The number of halogens is 1. The summed E-state index contributed by atoms with van der Waals surface area (Å²) in [5, 5.41) is 7.91. The first-order chi connectivity index (χ1) is 22.7. The lowest BCUT2D eigenvalue weighted by molar-refractivity contribution is -0.157. The molecule has 244 valence electrons. The number of amides is 4. The number of nitrogens with one attached hydrogen (secondary N) is 2. The summed E-state index contributed by atoms with van der Waals surface area (Å²) in [5.74, 6) is -1.72. The molecule has 2 N–H and O–H groups in total. The highest BCUT2D eigenvalue weighted by Crippen LogP contribution is 2.24. The quantitative estimate of drug-likeness (QED) is 0.234. The van der Waals surface area contributed by atoms with Crippen molar-refractivity contribution in [2.45, 2.75) is 64.2 Å². The summed E-state index contributed by atoms with van der Waals surface area (Å²) in [6.07, 6.45) is 1.49. The second-order valence-electron chi connectivity index (χ2n) is 12.1. The van der Waals surface area contributed by atoms with Crippen LogP contribution < -0.4 is 10.6 Å². The van der Waals surface area contributed by atoms with Gasteiger partial charge in [0.25, 0.3) is 0 Å². The maximum atomic E-state index is 14.3. The third kappa shape index (κ3) is 8.41. The minimum Gasteiger partial charge on any atom is -0.350 e. The molecular weight excluding hydrogens is 595 g/mol. The van der Waals surface area contributed by atoms with E-state index >= 15 is 0 Å². The number of hydrogen-bond acceptors (Lipinski definition) is 4. The van der Waals surface area contributed by atoms with Crippen molar-refractivity contribution in [1.82, 2.24) is 20.4 Å². The first-order valence-corrected chi connectivity index (χ1v) is 16.1. The number of benzene rings is 4. The number of fused-ring (bicyclic) bond motifs is 1. The molecule has 0 saturated carbocycles. The largest absolute Gasteiger partial charge is 0.350 e. The van der Waals surface area contributed by atoms with Crippen LogP contribution in [0.1, 0.15) is 43.4 Å². The van der Waals surface area contributed by atoms with Crippen molar-refractivity contribution < 1.29 is 23.6 Å². The van der Waals surface area contributed by atoms with Crippen LogP contribution in [-0.2, 0) is 38.6 Å². The van der Waals surface area contributed by atoms with Crippen molar-refractivity contribution >= 4 is 34.4 Å². The number of piperazine rings is 1. The highest BCUT2D eigenvalue weighted by atomic mass is 19.1. The Morgan fingerprint density at radius 2 is 1.51 bits per heavy atom. The Bertz CT molecular complexity index is 1710. The van der Waals surface area contributed by atoms with Gasteiger partial charge in [-0.25, -0.2) is 4.39 Å². The zero-order chi connectivity index (χ0) is 33.3. The lowest BCUT2D eigenvalue weighted by Gasteiger charge is -2.44. The lowest BCUT2D eigenvalue weighted by atomic mass is 9.96. The Morgan fingerprint density at radius 3 is 2.21 bits per heavy atom. The van der Waals surface area contributed by atoms with E-state index in [9.17, 15) is 23.6 Å². The molecule has 2 unspecified atom stereocenters. The Morgan fingerprint density at radius 1 is 0.830 bits per heavy atom. The van der Waals surface area contributed by atoms with E-state index in [1.54, 1.807) is 21.9 Å². The predicted molar refractivity (Wildman–Crippen MR) is 180 cm³/mol. The van der Waals surface area contributed by atoms with Crippen LogP contribution in [0.15, 0.2) is 97.1 Å². The second-order valence-corrected chi connectivity index (χ2v) is 12.1. The number of rotatable bonds is 12. The Hall–Kier alpha value is -5.05. The van der Waals surface area contributed by atoms with Gasteiger partial charge in [0, 0.05) is 39.4 Å². The van der Waals surface area contributed by atoms with Gasteiger partial charge in [0.05, 0.1) is 0 Å². The molecule has 0 radical (unpaired) electrons. The molecule has 1 heterocycles. The van der Waals surface area contributed by atoms with Gasteiger partial charge in [-0.15, -0.1) is 0 Å². The van der Waals surface area contributed by atoms with Gasteiger partial charge in [-0.2, -0.15) is 0 Å². The van der Waals surface area contributed by atoms with Crippen LogP contribution in [-0.4, -0.2) is 64.6 Å². The monoisotopic (exact) mass is 636 g/mol. The lowest BCUT2D eigenvalue weighted by Crippen LogP contribution is -2.65. The molecule has 8 nitrogen and oxygen atoms in total. The third-order valence-electron chi connectivity index (χ3n) is 8.63. The molecule has 0 aromatic heterocycles. The molecule has 4 amide bonds. The highest BCUT2D eigenvalue weighted by molar-refractivity contribution is 5.95. The third-order valence-corrected chi connectivity index (χ3v) is 8.63. The molecule has 0 aliphatic carbocycles. The van der Waals surface area contributed by atoms with Crippen LogP contribution >= 0.6 is 0 Å². The van der Waals surface area contributed by atoms with E-state index in [1.807, 2.05) is 79.7 Å². The van der Waals surface area contributed by atoms with Gasteiger partial charge < -0.3 is 20.4 Å². The fourth-order valence-corrected chi connectivity index (χ4v) is 6.27. The average molecular weight is 637 g/mol. The topological polar surface area (TPSA) is 98.8 Å². The van der Waals surface area contributed by atoms with Gasteiger partial charge in [0.2, 0.25) is 23.6 Å². The number of nitrogens with zero attached hydrogens (tertiary/aromatic N) is 2. The minimum atomic E-state index is -0.931. The fourth-order valence-electron chi connectivity index (χ4n) is 6.27. The first kappa shape index (κ1) is 33.3. The van der Waals surface area contributed by atoms with Crippen molar-refractivity contribution in [3.8, 4) is 0 Å². The number of carbonyl (C=O) groups excluding carboxylic acids is 4. The van der Waals surface area contributed by atoms with Gasteiger partial charge in [-0.05, 0) is 46.0 Å². The summed E-state index contributed by atoms with van der Waals surface area (Å²) in [7, 11) is 0. The van der Waals surface area contributed by atoms with Crippen LogP contribution in [0.5, 0.6) is 0 Å². The smallest absolute Gasteiger partial charge is 0.246 e.